The molecule has 0 saturated carbocycles. The molecule has 1 rings (SSSR count). The van der Waals surface area contributed by atoms with Gasteiger partial charge in [0, 0.05) is 6.42 Å². The van der Waals surface area contributed by atoms with E-state index in [-0.39, 0.29) is 18.4 Å². The lowest BCUT2D eigenvalue weighted by molar-refractivity contribution is -0.143. The van der Waals surface area contributed by atoms with Crippen molar-refractivity contribution in [1.82, 2.24) is 0 Å². The smallest absolute Gasteiger partial charge is 0.337 e. The molecular weight excluding hydrogens is 120 g/mol. The molecule has 3 nitrogen and oxygen atoms in total. The highest BCUT2D eigenvalue weighted by Crippen LogP contribution is 2.14. The summed E-state index contributed by atoms with van der Waals surface area (Å²) in [5.41, 5.74) is 0. The number of ether oxygens (including phenoxy) is 2. The van der Waals surface area contributed by atoms with Gasteiger partial charge in [0.15, 0.2) is 6.10 Å². The van der Waals surface area contributed by atoms with E-state index in [2.05, 4.69) is 0 Å². The number of carbonyl (C=O) groups excluding carboxylic acids is 1. The average Bonchev–Trinajstić information content (AvgIpc) is 2.13. The molecule has 0 spiro atoms. The predicted octanol–water partition coefficient (Wildman–Crippen LogP) is 0.684. The van der Waals surface area contributed by atoms with Crippen LogP contribution in [-0.2, 0) is 14.3 Å². The Kier molecular flexibility index (Phi) is 1.71. The second-order valence-electron chi connectivity index (χ2n) is 2.05. The zero-order chi connectivity index (χ0) is 6.85. The lowest BCUT2D eigenvalue weighted by Crippen LogP contribution is -2.09. The molecule has 1 saturated heterocycles. The van der Waals surface area contributed by atoms with E-state index in [1.165, 1.54) is 0 Å². The van der Waals surface area contributed by atoms with Crippen LogP contribution in [0.5, 0.6) is 0 Å². The van der Waals surface area contributed by atoms with Gasteiger partial charge in [0.05, 0.1) is 0 Å². The summed E-state index contributed by atoms with van der Waals surface area (Å²) in [7, 11) is 0. The summed E-state index contributed by atoms with van der Waals surface area (Å²) in [4.78, 5) is 10.6. The Balaban J connectivity index is 2.44. The third kappa shape index (κ3) is 1.21. The Morgan fingerprint density at radius 3 is 2.56 bits per heavy atom. The van der Waals surface area contributed by atoms with Crippen LogP contribution in [0.3, 0.4) is 0 Å². The Hall–Kier alpha value is -0.570. The van der Waals surface area contributed by atoms with Crippen molar-refractivity contribution in [3.63, 3.8) is 0 Å². The van der Waals surface area contributed by atoms with Gasteiger partial charge < -0.3 is 9.47 Å². The van der Waals surface area contributed by atoms with Crippen molar-refractivity contribution in [3.8, 4) is 0 Å². The summed E-state index contributed by atoms with van der Waals surface area (Å²) in [6.07, 6.45) is 0.0678. The molecule has 52 valence electrons. The number of hydrogen-bond donors (Lipinski definition) is 0. The molecule has 0 aliphatic carbocycles. The lowest BCUT2D eigenvalue weighted by Gasteiger charge is -2.02. The van der Waals surface area contributed by atoms with E-state index in [0.29, 0.717) is 0 Å². The van der Waals surface area contributed by atoms with Crippen molar-refractivity contribution >= 4 is 5.97 Å². The normalized spacial score (nSPS) is 34.7. The first-order chi connectivity index (χ1) is 4.24. The maximum atomic E-state index is 10.6. The summed E-state index contributed by atoms with van der Waals surface area (Å²) < 4.78 is 9.81. The van der Waals surface area contributed by atoms with E-state index in [9.17, 15) is 4.79 Å². The van der Waals surface area contributed by atoms with Gasteiger partial charge >= 0.3 is 5.97 Å². The SMILES string of the molecule is CCC1OC(=O)C(C)O1. The standard InChI is InChI=1S/C6H10O3/c1-3-5-8-4(2)6(7)9-5/h4-5H,3H2,1-2H3. The maximum absolute atomic E-state index is 10.6. The van der Waals surface area contributed by atoms with Crippen LogP contribution in [0.1, 0.15) is 20.3 Å². The second-order valence-corrected chi connectivity index (χ2v) is 2.05. The van der Waals surface area contributed by atoms with Crippen molar-refractivity contribution in [1.29, 1.82) is 0 Å². The molecule has 1 aliphatic rings. The minimum atomic E-state index is -0.366. The van der Waals surface area contributed by atoms with E-state index in [1.807, 2.05) is 6.92 Å². The highest BCUT2D eigenvalue weighted by Gasteiger charge is 2.29. The van der Waals surface area contributed by atoms with Crippen LogP contribution in [0, 0.1) is 0 Å². The van der Waals surface area contributed by atoms with Crippen LogP contribution in [0.2, 0.25) is 0 Å². The van der Waals surface area contributed by atoms with Crippen LogP contribution in [0.15, 0.2) is 0 Å². The van der Waals surface area contributed by atoms with Gasteiger partial charge in [-0.25, -0.2) is 4.79 Å². The van der Waals surface area contributed by atoms with Crippen molar-refractivity contribution in [2.75, 3.05) is 0 Å². The molecular formula is C6H10O3. The summed E-state index contributed by atoms with van der Waals surface area (Å²) in [5.74, 6) is -0.248. The van der Waals surface area contributed by atoms with Crippen LogP contribution in [0.4, 0.5) is 0 Å². The monoisotopic (exact) mass is 130 g/mol. The topological polar surface area (TPSA) is 35.5 Å². The van der Waals surface area contributed by atoms with Crippen molar-refractivity contribution in [2.24, 2.45) is 0 Å². The van der Waals surface area contributed by atoms with E-state index in [1.54, 1.807) is 6.92 Å². The third-order valence-corrected chi connectivity index (χ3v) is 1.27. The quantitative estimate of drug-likeness (QED) is 0.490. The van der Waals surface area contributed by atoms with Gasteiger partial charge in [-0.2, -0.15) is 0 Å². The number of esters is 1. The third-order valence-electron chi connectivity index (χ3n) is 1.27. The minimum absolute atomic E-state index is 0.248. The van der Waals surface area contributed by atoms with E-state index in [4.69, 9.17) is 9.47 Å². The zero-order valence-electron chi connectivity index (χ0n) is 5.59. The molecule has 9 heavy (non-hydrogen) atoms. The maximum Gasteiger partial charge on any atom is 0.337 e. The van der Waals surface area contributed by atoms with Gasteiger partial charge in [-0.3, -0.25) is 0 Å². The van der Waals surface area contributed by atoms with E-state index in [0.717, 1.165) is 6.42 Å². The molecule has 2 unspecified atom stereocenters. The molecule has 0 aromatic rings. The molecule has 1 fully saturated rings. The largest absolute Gasteiger partial charge is 0.434 e. The molecule has 0 bridgehead atoms. The van der Waals surface area contributed by atoms with Gasteiger partial charge in [0.2, 0.25) is 6.29 Å². The van der Waals surface area contributed by atoms with Crippen molar-refractivity contribution in [3.05, 3.63) is 0 Å². The lowest BCUT2D eigenvalue weighted by atomic mass is 10.4. The number of cyclic esters (lactones) is 1. The molecule has 0 radical (unpaired) electrons. The Morgan fingerprint density at radius 1 is 1.67 bits per heavy atom. The molecule has 0 amide bonds. The fraction of sp³-hybridized carbons (Fsp3) is 0.833. The molecule has 0 N–H and O–H groups in total. The summed E-state index contributed by atoms with van der Waals surface area (Å²) in [5, 5.41) is 0. The first kappa shape index (κ1) is 6.55. The van der Waals surface area contributed by atoms with Gasteiger partial charge in [-0.15, -0.1) is 0 Å². The number of rotatable bonds is 1. The molecule has 3 heteroatoms. The van der Waals surface area contributed by atoms with Crippen LogP contribution in [0.25, 0.3) is 0 Å². The molecule has 1 heterocycles. The number of carbonyl (C=O) groups is 1. The van der Waals surface area contributed by atoms with Crippen molar-refractivity contribution in [2.45, 2.75) is 32.7 Å². The summed E-state index contributed by atoms with van der Waals surface area (Å²) in [6, 6.07) is 0. The highest BCUT2D eigenvalue weighted by atomic mass is 16.7. The molecule has 0 aromatic heterocycles. The Bertz CT molecular complexity index is 121. The fourth-order valence-electron chi connectivity index (χ4n) is 0.716. The Morgan fingerprint density at radius 2 is 2.33 bits per heavy atom. The number of hydrogen-bond acceptors (Lipinski definition) is 3. The van der Waals surface area contributed by atoms with Crippen LogP contribution < -0.4 is 0 Å². The van der Waals surface area contributed by atoms with Gasteiger partial charge in [-0.05, 0) is 6.92 Å². The zero-order valence-corrected chi connectivity index (χ0v) is 5.59. The second kappa shape index (κ2) is 2.35. The first-order valence-corrected chi connectivity index (χ1v) is 3.10. The van der Waals surface area contributed by atoms with Gasteiger partial charge in [0.1, 0.15) is 0 Å². The molecule has 1 aliphatic heterocycles. The fourth-order valence-corrected chi connectivity index (χ4v) is 0.716. The van der Waals surface area contributed by atoms with Gasteiger partial charge in [0.25, 0.3) is 0 Å². The summed E-state index contributed by atoms with van der Waals surface area (Å²) in [6.45, 7) is 3.61. The highest BCUT2D eigenvalue weighted by molar-refractivity contribution is 5.75. The van der Waals surface area contributed by atoms with Crippen LogP contribution >= 0.6 is 0 Å². The van der Waals surface area contributed by atoms with Gasteiger partial charge in [-0.1, -0.05) is 6.92 Å². The molecule has 0 aromatic carbocycles. The van der Waals surface area contributed by atoms with E-state index < -0.39 is 0 Å². The Labute approximate surface area is 53.9 Å². The average molecular weight is 130 g/mol. The van der Waals surface area contributed by atoms with Crippen molar-refractivity contribution < 1.29 is 14.3 Å². The summed E-state index contributed by atoms with van der Waals surface area (Å²) >= 11 is 0. The predicted molar refractivity (Wildman–Crippen MR) is 30.7 cm³/mol. The first-order valence-electron chi connectivity index (χ1n) is 3.10. The molecule has 2 atom stereocenters. The van der Waals surface area contributed by atoms with Crippen LogP contribution in [-0.4, -0.2) is 18.4 Å². The minimum Gasteiger partial charge on any atom is -0.434 e. The van der Waals surface area contributed by atoms with E-state index >= 15 is 0 Å².